The zero-order chi connectivity index (χ0) is 17.7. The van der Waals surface area contributed by atoms with E-state index in [9.17, 15) is 9.59 Å². The number of amides is 1. The fourth-order valence-corrected chi connectivity index (χ4v) is 2.36. The predicted molar refractivity (Wildman–Crippen MR) is 105 cm³/mol. The highest BCUT2D eigenvalue weighted by molar-refractivity contribution is 5.99. The van der Waals surface area contributed by atoms with Crippen LogP contribution in [0.15, 0.2) is 59.2 Å². The standard InChI is InChI=1S/C13H13NO.C7H9NO.CH4/c1-10-9-12-6-4-3-5-11(12)7-8-14(2)13(10)15;1-6-4-3-5-8(2)7(6)9;/h3-9H,1-2H3;3-5H,1-2H3;1H4. The molecule has 0 radical (unpaired) electrons. The number of aromatic nitrogens is 1. The van der Waals surface area contributed by atoms with Crippen molar-refractivity contribution in [2.24, 2.45) is 7.05 Å². The van der Waals surface area contributed by atoms with Crippen molar-refractivity contribution in [1.82, 2.24) is 9.47 Å². The van der Waals surface area contributed by atoms with Crippen LogP contribution in [0.5, 0.6) is 0 Å². The van der Waals surface area contributed by atoms with Gasteiger partial charge >= 0.3 is 0 Å². The molecule has 0 bridgehead atoms. The molecule has 1 aliphatic heterocycles. The second kappa shape index (κ2) is 8.83. The number of rotatable bonds is 0. The summed E-state index contributed by atoms with van der Waals surface area (Å²) in [6.07, 6.45) is 7.43. The van der Waals surface area contributed by atoms with Crippen molar-refractivity contribution in [2.45, 2.75) is 21.3 Å². The topological polar surface area (TPSA) is 42.3 Å². The first-order valence-corrected chi connectivity index (χ1v) is 7.75. The Labute approximate surface area is 149 Å². The molecule has 3 rings (SSSR count). The van der Waals surface area contributed by atoms with E-state index in [1.165, 1.54) is 0 Å². The third kappa shape index (κ3) is 5.05. The molecule has 1 aromatic carbocycles. The molecular formula is C21H26N2O2. The van der Waals surface area contributed by atoms with Crippen LogP contribution in [0.25, 0.3) is 12.2 Å². The first kappa shape index (κ1) is 20.2. The molecule has 1 amide bonds. The van der Waals surface area contributed by atoms with Gasteiger partial charge in [0, 0.05) is 37.6 Å². The van der Waals surface area contributed by atoms with E-state index >= 15 is 0 Å². The van der Waals surface area contributed by atoms with Crippen molar-refractivity contribution in [1.29, 1.82) is 0 Å². The molecule has 4 heteroatoms. The summed E-state index contributed by atoms with van der Waals surface area (Å²) in [5, 5.41) is 0. The van der Waals surface area contributed by atoms with E-state index in [2.05, 4.69) is 0 Å². The lowest BCUT2D eigenvalue weighted by Gasteiger charge is -2.15. The van der Waals surface area contributed by atoms with Gasteiger partial charge in [0.25, 0.3) is 11.5 Å². The molecule has 2 aromatic rings. The maximum Gasteiger partial charge on any atom is 0.253 e. The van der Waals surface area contributed by atoms with E-state index in [0.717, 1.165) is 22.3 Å². The molecule has 132 valence electrons. The Kier molecular flexibility index (Phi) is 7.12. The molecule has 0 saturated carbocycles. The largest absolute Gasteiger partial charge is 0.318 e. The number of aryl methyl sites for hydroxylation is 2. The van der Waals surface area contributed by atoms with Crippen LogP contribution in [0.2, 0.25) is 0 Å². The van der Waals surface area contributed by atoms with Gasteiger partial charge in [0.1, 0.15) is 0 Å². The van der Waals surface area contributed by atoms with Gasteiger partial charge in [-0.15, -0.1) is 0 Å². The third-order valence-electron chi connectivity index (χ3n) is 3.82. The number of pyridine rings is 1. The van der Waals surface area contributed by atoms with Gasteiger partial charge < -0.3 is 9.47 Å². The highest BCUT2D eigenvalue weighted by Gasteiger charge is 2.11. The lowest BCUT2D eigenvalue weighted by Crippen LogP contribution is -2.22. The Bertz CT molecular complexity index is 837. The van der Waals surface area contributed by atoms with Crippen LogP contribution in [-0.2, 0) is 11.8 Å². The molecule has 2 heterocycles. The van der Waals surface area contributed by atoms with Crippen molar-refractivity contribution in [3.05, 3.63) is 81.4 Å². The Morgan fingerprint density at radius 2 is 1.52 bits per heavy atom. The summed E-state index contributed by atoms with van der Waals surface area (Å²) in [6.45, 7) is 3.65. The average Bonchev–Trinajstić information content (AvgIpc) is 2.57. The smallest absolute Gasteiger partial charge is 0.253 e. The minimum absolute atomic E-state index is 0. The summed E-state index contributed by atoms with van der Waals surface area (Å²) in [5.74, 6) is 0.0424. The van der Waals surface area contributed by atoms with Crippen LogP contribution in [0.1, 0.15) is 31.0 Å². The van der Waals surface area contributed by atoms with Crippen LogP contribution in [0.3, 0.4) is 0 Å². The maximum absolute atomic E-state index is 11.7. The van der Waals surface area contributed by atoms with Gasteiger partial charge in [-0.2, -0.15) is 0 Å². The van der Waals surface area contributed by atoms with E-state index in [1.54, 1.807) is 36.0 Å². The van der Waals surface area contributed by atoms with Gasteiger partial charge in [-0.25, -0.2) is 0 Å². The van der Waals surface area contributed by atoms with Crippen molar-refractivity contribution in [3.8, 4) is 0 Å². The quantitative estimate of drug-likeness (QED) is 0.732. The lowest BCUT2D eigenvalue weighted by molar-refractivity contribution is -0.123. The number of carbonyl (C=O) groups excluding carboxylic acids is 1. The zero-order valence-corrected chi connectivity index (χ0v) is 14.5. The number of nitrogens with zero attached hydrogens (tertiary/aromatic N) is 2. The average molecular weight is 338 g/mol. The highest BCUT2D eigenvalue weighted by atomic mass is 16.2. The Hall–Kier alpha value is -2.88. The summed E-state index contributed by atoms with van der Waals surface area (Å²) in [6, 6.07) is 11.7. The molecule has 0 saturated heterocycles. The van der Waals surface area contributed by atoms with Crippen molar-refractivity contribution >= 4 is 18.1 Å². The SMILES string of the molecule is C.CC1=Cc2ccccc2C=CN(C)C1=O.Cc1cccn(C)c1=O. The second-order valence-electron chi connectivity index (χ2n) is 5.80. The highest BCUT2D eigenvalue weighted by Crippen LogP contribution is 2.18. The molecule has 1 aliphatic rings. The van der Waals surface area contributed by atoms with Crippen molar-refractivity contribution in [3.63, 3.8) is 0 Å². The summed E-state index contributed by atoms with van der Waals surface area (Å²) in [4.78, 5) is 24.2. The number of fused-ring (bicyclic) bond motifs is 1. The van der Waals surface area contributed by atoms with Gasteiger partial charge in [-0.3, -0.25) is 9.59 Å². The summed E-state index contributed by atoms with van der Waals surface area (Å²) < 4.78 is 1.56. The molecule has 1 aromatic heterocycles. The maximum atomic E-state index is 11.7. The molecule has 0 spiro atoms. The molecular weight excluding hydrogens is 312 g/mol. The van der Waals surface area contributed by atoms with Gasteiger partial charge in [0.15, 0.2) is 0 Å². The van der Waals surface area contributed by atoms with Gasteiger partial charge in [-0.05, 0) is 43.2 Å². The minimum Gasteiger partial charge on any atom is -0.318 e. The fraction of sp³-hybridized carbons (Fsp3) is 0.238. The predicted octanol–water partition coefficient (Wildman–Crippen LogP) is 3.86. The van der Waals surface area contributed by atoms with Crippen LogP contribution >= 0.6 is 0 Å². The van der Waals surface area contributed by atoms with Crippen molar-refractivity contribution in [2.75, 3.05) is 7.05 Å². The van der Waals surface area contributed by atoms with Crippen LogP contribution in [0, 0.1) is 6.92 Å². The molecule has 0 unspecified atom stereocenters. The van der Waals surface area contributed by atoms with E-state index in [1.807, 2.05) is 62.4 Å². The Balaban J connectivity index is 0.000000270. The molecule has 4 nitrogen and oxygen atoms in total. The van der Waals surface area contributed by atoms with Crippen LogP contribution in [0.4, 0.5) is 0 Å². The Morgan fingerprint density at radius 1 is 0.880 bits per heavy atom. The lowest BCUT2D eigenvalue weighted by atomic mass is 10.0. The van der Waals surface area contributed by atoms with Gasteiger partial charge in [0.05, 0.1) is 0 Å². The third-order valence-corrected chi connectivity index (χ3v) is 3.82. The number of benzene rings is 1. The van der Waals surface area contributed by atoms with Crippen LogP contribution in [-0.4, -0.2) is 22.4 Å². The molecule has 0 aliphatic carbocycles. The molecule has 0 fully saturated rings. The molecule has 0 N–H and O–H groups in total. The second-order valence-corrected chi connectivity index (χ2v) is 5.80. The number of carbonyl (C=O) groups is 1. The summed E-state index contributed by atoms with van der Waals surface area (Å²) in [7, 11) is 3.51. The number of hydrogen-bond acceptors (Lipinski definition) is 2. The van der Waals surface area contributed by atoms with E-state index < -0.39 is 0 Å². The number of hydrogen-bond donors (Lipinski definition) is 0. The van der Waals surface area contributed by atoms with Gasteiger partial charge in [-0.1, -0.05) is 37.8 Å². The van der Waals surface area contributed by atoms with E-state index in [4.69, 9.17) is 0 Å². The van der Waals surface area contributed by atoms with E-state index in [-0.39, 0.29) is 18.9 Å². The minimum atomic E-state index is 0. The zero-order valence-electron chi connectivity index (χ0n) is 14.5. The first-order valence-electron chi connectivity index (χ1n) is 7.75. The van der Waals surface area contributed by atoms with Crippen molar-refractivity contribution < 1.29 is 4.79 Å². The number of likely N-dealkylation sites (N-methyl/N-ethyl adjacent to an activating group) is 1. The van der Waals surface area contributed by atoms with E-state index in [0.29, 0.717) is 0 Å². The van der Waals surface area contributed by atoms with Gasteiger partial charge in [0.2, 0.25) is 0 Å². The molecule has 25 heavy (non-hydrogen) atoms. The Morgan fingerprint density at radius 3 is 2.12 bits per heavy atom. The first-order chi connectivity index (χ1) is 11.4. The fourth-order valence-electron chi connectivity index (χ4n) is 2.36. The normalized spacial score (nSPS) is 12.7. The summed E-state index contributed by atoms with van der Waals surface area (Å²) in [5.41, 5.74) is 3.86. The summed E-state index contributed by atoms with van der Waals surface area (Å²) >= 11 is 0. The van der Waals surface area contributed by atoms with Crippen LogP contribution < -0.4 is 5.56 Å². The molecule has 0 atom stereocenters. The monoisotopic (exact) mass is 338 g/mol.